The summed E-state index contributed by atoms with van der Waals surface area (Å²) in [5.41, 5.74) is 0.185. The Morgan fingerprint density at radius 2 is 2.00 bits per heavy atom. The normalized spacial score (nSPS) is 10.2. The van der Waals surface area contributed by atoms with Crippen LogP contribution >= 0.6 is 11.6 Å². The van der Waals surface area contributed by atoms with E-state index in [9.17, 15) is 9.59 Å². The lowest BCUT2D eigenvalue weighted by Gasteiger charge is -2.14. The maximum Gasteiger partial charge on any atom is 0.358 e. The van der Waals surface area contributed by atoms with Crippen LogP contribution in [0.15, 0.2) is 16.7 Å². The predicted octanol–water partition coefficient (Wildman–Crippen LogP) is 2.52. The number of carbonyl (C=O) groups excluding carboxylic acids is 1. The van der Waals surface area contributed by atoms with Gasteiger partial charge in [-0.3, -0.25) is 4.79 Å². The third-order valence-electron chi connectivity index (χ3n) is 2.74. The molecule has 7 nitrogen and oxygen atoms in total. The van der Waals surface area contributed by atoms with Gasteiger partial charge < -0.3 is 19.1 Å². The summed E-state index contributed by atoms with van der Waals surface area (Å²) in [6, 6.07) is 2.63. The van der Waals surface area contributed by atoms with Crippen LogP contribution in [0.4, 0.5) is 0 Å². The third-order valence-corrected chi connectivity index (χ3v) is 3.06. The summed E-state index contributed by atoms with van der Waals surface area (Å²) in [6.07, 6.45) is 0.538. The summed E-state index contributed by atoms with van der Waals surface area (Å²) in [6.45, 7) is 0. The Hall–Kier alpha value is -2.54. The molecule has 110 valence electrons. The van der Waals surface area contributed by atoms with Crippen LogP contribution in [-0.4, -0.2) is 36.7 Å². The van der Waals surface area contributed by atoms with Gasteiger partial charge in [-0.15, -0.1) is 0 Å². The molecule has 0 atom stereocenters. The molecule has 2 rings (SSSR count). The topological polar surface area (TPSA) is 98.9 Å². The largest absolute Gasteiger partial charge is 0.492 e. The van der Waals surface area contributed by atoms with E-state index < -0.39 is 5.97 Å². The molecule has 0 saturated carbocycles. The number of halogens is 1. The molecule has 21 heavy (non-hydrogen) atoms. The van der Waals surface area contributed by atoms with Gasteiger partial charge in [-0.1, -0.05) is 16.8 Å². The van der Waals surface area contributed by atoms with Crippen molar-refractivity contribution in [1.29, 1.82) is 0 Å². The highest BCUT2D eigenvalue weighted by molar-refractivity contribution is 6.33. The van der Waals surface area contributed by atoms with Gasteiger partial charge in [0, 0.05) is 6.07 Å². The predicted molar refractivity (Wildman–Crippen MR) is 72.4 cm³/mol. The second-order valence-electron chi connectivity index (χ2n) is 3.89. The number of carboxylic acid groups (broad SMARTS) is 1. The number of aromatic carboxylic acids is 1. The van der Waals surface area contributed by atoms with Crippen molar-refractivity contribution in [2.75, 3.05) is 14.2 Å². The van der Waals surface area contributed by atoms with E-state index in [1.165, 1.54) is 26.4 Å². The van der Waals surface area contributed by atoms with Crippen molar-refractivity contribution in [3.8, 4) is 22.8 Å². The second-order valence-corrected chi connectivity index (χ2v) is 4.29. The Bertz CT molecular complexity index is 709. The number of rotatable bonds is 5. The first-order chi connectivity index (χ1) is 10.0. The first kappa shape index (κ1) is 14.9. The van der Waals surface area contributed by atoms with Crippen LogP contribution in [0.5, 0.6) is 11.5 Å². The number of nitrogens with zero attached hydrogens (tertiary/aromatic N) is 1. The molecule has 1 N–H and O–H groups in total. The van der Waals surface area contributed by atoms with Gasteiger partial charge in [0.25, 0.3) is 0 Å². The molecule has 0 fully saturated rings. The van der Waals surface area contributed by atoms with Gasteiger partial charge in [-0.2, -0.15) is 0 Å². The van der Waals surface area contributed by atoms with Gasteiger partial charge in [-0.05, 0) is 6.07 Å². The molecule has 0 aliphatic carbocycles. The number of hydrogen-bond donors (Lipinski definition) is 1. The van der Waals surface area contributed by atoms with Crippen molar-refractivity contribution in [1.82, 2.24) is 5.16 Å². The SMILES string of the molecule is COc1c(-c2cc(C(=O)O)no2)cc(Cl)c(C=O)c1OC. The molecule has 1 heterocycles. The molecule has 0 aliphatic heterocycles. The number of aromatic nitrogens is 1. The molecule has 0 spiro atoms. The smallest absolute Gasteiger partial charge is 0.358 e. The van der Waals surface area contributed by atoms with Crippen molar-refractivity contribution in [2.24, 2.45) is 0 Å². The number of aldehydes is 1. The quantitative estimate of drug-likeness (QED) is 0.847. The highest BCUT2D eigenvalue weighted by Crippen LogP contribution is 2.43. The number of ether oxygens (including phenoxy) is 2. The highest BCUT2D eigenvalue weighted by atomic mass is 35.5. The fraction of sp³-hybridized carbons (Fsp3) is 0.154. The molecule has 0 amide bonds. The van der Waals surface area contributed by atoms with Gasteiger partial charge in [0.1, 0.15) is 0 Å². The van der Waals surface area contributed by atoms with Crippen LogP contribution in [0.3, 0.4) is 0 Å². The number of benzene rings is 1. The third kappa shape index (κ3) is 2.55. The van der Waals surface area contributed by atoms with Crippen LogP contribution in [0.2, 0.25) is 5.02 Å². The maximum atomic E-state index is 11.1. The molecule has 0 radical (unpaired) electrons. The van der Waals surface area contributed by atoms with Crippen molar-refractivity contribution < 1.29 is 28.7 Å². The van der Waals surface area contributed by atoms with Crippen molar-refractivity contribution in [3.63, 3.8) is 0 Å². The van der Waals surface area contributed by atoms with E-state index in [0.717, 1.165) is 0 Å². The molecule has 0 unspecified atom stereocenters. The van der Waals surface area contributed by atoms with E-state index in [-0.39, 0.29) is 33.5 Å². The zero-order chi connectivity index (χ0) is 15.6. The molecule has 0 bridgehead atoms. The Morgan fingerprint density at radius 3 is 2.48 bits per heavy atom. The van der Waals surface area contributed by atoms with Crippen molar-refractivity contribution >= 4 is 23.9 Å². The van der Waals surface area contributed by atoms with Crippen molar-refractivity contribution in [2.45, 2.75) is 0 Å². The van der Waals surface area contributed by atoms with E-state index in [0.29, 0.717) is 11.8 Å². The lowest BCUT2D eigenvalue weighted by Crippen LogP contribution is -1.98. The van der Waals surface area contributed by atoms with Crippen LogP contribution < -0.4 is 9.47 Å². The minimum Gasteiger partial charge on any atom is -0.492 e. The molecular formula is C13H10ClNO6. The van der Waals surface area contributed by atoms with Gasteiger partial charge in [0.15, 0.2) is 29.2 Å². The van der Waals surface area contributed by atoms with Crippen LogP contribution in [-0.2, 0) is 0 Å². The minimum atomic E-state index is -1.23. The molecule has 1 aromatic carbocycles. The summed E-state index contributed by atoms with van der Waals surface area (Å²) < 4.78 is 15.3. The summed E-state index contributed by atoms with van der Waals surface area (Å²) in [4.78, 5) is 21.9. The van der Waals surface area contributed by atoms with Crippen molar-refractivity contribution in [3.05, 3.63) is 28.4 Å². The number of methoxy groups -OCH3 is 2. The standard InChI is InChI=1S/C13H10ClNO6/c1-19-11-6(10-4-9(13(17)18)15-21-10)3-8(14)7(5-16)12(11)20-2/h3-5H,1-2H3,(H,17,18). The highest BCUT2D eigenvalue weighted by Gasteiger charge is 2.23. The van der Waals surface area contributed by atoms with Gasteiger partial charge in [0.2, 0.25) is 0 Å². The number of carbonyl (C=O) groups is 2. The average Bonchev–Trinajstić information content (AvgIpc) is 2.95. The van der Waals surface area contributed by atoms with Gasteiger partial charge in [0.05, 0.1) is 30.4 Å². The van der Waals surface area contributed by atoms with E-state index in [2.05, 4.69) is 5.16 Å². The van der Waals surface area contributed by atoms with Crippen LogP contribution in [0, 0.1) is 0 Å². The molecular weight excluding hydrogens is 302 g/mol. The van der Waals surface area contributed by atoms with Gasteiger partial charge in [-0.25, -0.2) is 4.79 Å². The van der Waals surface area contributed by atoms with E-state index in [1.807, 2.05) is 0 Å². The summed E-state index contributed by atoms with van der Waals surface area (Å²) in [5, 5.41) is 12.4. The lowest BCUT2D eigenvalue weighted by molar-refractivity contribution is 0.0685. The molecule has 0 saturated heterocycles. The average molecular weight is 312 g/mol. The fourth-order valence-electron chi connectivity index (χ4n) is 1.82. The Kier molecular flexibility index (Phi) is 4.13. The number of hydrogen-bond acceptors (Lipinski definition) is 6. The lowest BCUT2D eigenvalue weighted by atomic mass is 10.1. The summed E-state index contributed by atoms with van der Waals surface area (Å²) >= 11 is 6.02. The molecule has 1 aromatic heterocycles. The number of carboxylic acids is 1. The Labute approximate surface area is 124 Å². The molecule has 8 heteroatoms. The van der Waals surface area contributed by atoms with E-state index >= 15 is 0 Å². The summed E-state index contributed by atoms with van der Waals surface area (Å²) in [5.74, 6) is -0.784. The fourth-order valence-corrected chi connectivity index (χ4v) is 2.06. The zero-order valence-corrected chi connectivity index (χ0v) is 11.8. The zero-order valence-electron chi connectivity index (χ0n) is 11.0. The molecule has 2 aromatic rings. The Morgan fingerprint density at radius 1 is 1.33 bits per heavy atom. The minimum absolute atomic E-state index is 0.117. The van der Waals surface area contributed by atoms with E-state index in [4.69, 9.17) is 30.7 Å². The summed E-state index contributed by atoms with van der Waals surface area (Å²) in [7, 11) is 2.73. The maximum absolute atomic E-state index is 11.1. The second kappa shape index (κ2) is 5.84. The first-order valence-electron chi connectivity index (χ1n) is 5.63. The van der Waals surface area contributed by atoms with Gasteiger partial charge >= 0.3 is 5.97 Å². The van der Waals surface area contributed by atoms with E-state index in [1.54, 1.807) is 0 Å². The molecule has 0 aliphatic rings. The Balaban J connectivity index is 2.70. The van der Waals surface area contributed by atoms with Crippen LogP contribution in [0.25, 0.3) is 11.3 Å². The first-order valence-corrected chi connectivity index (χ1v) is 6.01. The van der Waals surface area contributed by atoms with Crippen LogP contribution in [0.1, 0.15) is 20.8 Å². The monoisotopic (exact) mass is 311 g/mol.